The summed E-state index contributed by atoms with van der Waals surface area (Å²) in [5.41, 5.74) is 4.11. The van der Waals surface area contributed by atoms with Gasteiger partial charge in [-0.2, -0.15) is 4.40 Å². The van der Waals surface area contributed by atoms with Crippen molar-refractivity contribution < 1.29 is 31.3 Å². The summed E-state index contributed by atoms with van der Waals surface area (Å²) in [6.45, 7) is 2.11. The number of non-ortho nitro benzene ring substituents is 1. The summed E-state index contributed by atoms with van der Waals surface area (Å²) < 4.78 is 4.01. The Hall–Kier alpha value is -3.32. The Kier molecular flexibility index (Phi) is 5.89. The van der Waals surface area contributed by atoms with Crippen LogP contribution in [0.3, 0.4) is 0 Å². The lowest BCUT2D eigenvalue weighted by atomic mass is 10.1. The van der Waals surface area contributed by atoms with E-state index in [0.717, 1.165) is 22.6 Å². The van der Waals surface area contributed by atoms with Crippen molar-refractivity contribution in [3.05, 3.63) is 100 Å². The highest BCUT2D eigenvalue weighted by molar-refractivity contribution is 5.95. The van der Waals surface area contributed by atoms with E-state index in [2.05, 4.69) is 0 Å². The van der Waals surface area contributed by atoms with E-state index >= 15 is 0 Å². The Bertz CT molecular complexity index is 1200. The Labute approximate surface area is 178 Å². The van der Waals surface area contributed by atoms with Gasteiger partial charge in [-0.15, -0.1) is 0 Å². The number of hydrogen-bond donors (Lipinski definition) is 0. The number of fused-ring (bicyclic) bond motifs is 1. The monoisotopic (exact) mass is 451 g/mol. The molecular formula is C22H18BrN3O3. The summed E-state index contributed by atoms with van der Waals surface area (Å²) >= 11 is 0. The Morgan fingerprint density at radius 1 is 1.03 bits per heavy atom. The van der Waals surface area contributed by atoms with Gasteiger partial charge in [0.2, 0.25) is 5.78 Å². The van der Waals surface area contributed by atoms with Gasteiger partial charge in [-0.05, 0) is 6.07 Å². The molecule has 0 atom stereocenters. The molecule has 0 N–H and O–H groups in total. The lowest BCUT2D eigenvalue weighted by Crippen LogP contribution is -3.00. The van der Waals surface area contributed by atoms with Crippen molar-refractivity contribution in [2.24, 2.45) is 0 Å². The molecule has 4 rings (SSSR count). The summed E-state index contributed by atoms with van der Waals surface area (Å²) in [6.07, 6.45) is 1.96. The highest BCUT2D eigenvalue weighted by Gasteiger charge is 2.26. The molecular weight excluding hydrogens is 434 g/mol. The van der Waals surface area contributed by atoms with E-state index in [1.54, 1.807) is 6.07 Å². The van der Waals surface area contributed by atoms with Crippen molar-refractivity contribution >= 4 is 17.1 Å². The van der Waals surface area contributed by atoms with Crippen LogP contribution in [0.4, 0.5) is 5.69 Å². The van der Waals surface area contributed by atoms with Crippen LogP contribution in [0.2, 0.25) is 0 Å². The average molecular weight is 452 g/mol. The number of benzene rings is 2. The first-order chi connectivity index (χ1) is 13.6. The molecule has 0 fully saturated rings. The quantitative estimate of drug-likeness (QED) is 0.196. The van der Waals surface area contributed by atoms with Crippen molar-refractivity contribution in [3.63, 3.8) is 0 Å². The lowest BCUT2D eigenvalue weighted by molar-refractivity contribution is -0.645. The SMILES string of the molecule is Cc1c(-c2ccccc2)[n+](CC(=O)c2cccc([N+](=O)[O-])c2)c2ccccn12.[Br-]. The van der Waals surface area contributed by atoms with Crippen LogP contribution in [0.5, 0.6) is 0 Å². The number of imidazole rings is 1. The predicted octanol–water partition coefficient (Wildman–Crippen LogP) is 0.997. The molecule has 0 saturated carbocycles. The van der Waals surface area contributed by atoms with Crippen molar-refractivity contribution in [3.8, 4) is 11.3 Å². The molecule has 29 heavy (non-hydrogen) atoms. The number of ketones is 1. The Morgan fingerprint density at radius 2 is 1.76 bits per heavy atom. The fourth-order valence-electron chi connectivity index (χ4n) is 3.51. The maximum Gasteiger partial charge on any atom is 0.287 e. The summed E-state index contributed by atoms with van der Waals surface area (Å²) in [7, 11) is 0. The van der Waals surface area contributed by atoms with Gasteiger partial charge in [0.25, 0.3) is 11.3 Å². The van der Waals surface area contributed by atoms with Gasteiger partial charge in [0.05, 0.1) is 11.1 Å². The minimum atomic E-state index is -0.489. The van der Waals surface area contributed by atoms with E-state index in [0.29, 0.717) is 5.56 Å². The van der Waals surface area contributed by atoms with Gasteiger partial charge >= 0.3 is 0 Å². The van der Waals surface area contributed by atoms with Gasteiger partial charge in [0.1, 0.15) is 0 Å². The molecule has 0 bridgehead atoms. The average Bonchev–Trinajstić information content (AvgIpc) is 3.00. The van der Waals surface area contributed by atoms with E-state index in [4.69, 9.17) is 0 Å². The second kappa shape index (κ2) is 8.36. The first-order valence-corrected chi connectivity index (χ1v) is 8.89. The predicted molar refractivity (Wildman–Crippen MR) is 105 cm³/mol. The molecule has 0 radical (unpaired) electrons. The molecule has 0 amide bonds. The number of aromatic nitrogens is 2. The molecule has 0 aliphatic heterocycles. The largest absolute Gasteiger partial charge is 1.00 e. The van der Waals surface area contributed by atoms with Gasteiger partial charge in [0, 0.05) is 36.2 Å². The first kappa shape index (κ1) is 20.4. The van der Waals surface area contributed by atoms with Crippen molar-refractivity contribution in [1.82, 2.24) is 4.40 Å². The molecule has 2 aromatic heterocycles. The van der Waals surface area contributed by atoms with Gasteiger partial charge in [-0.25, -0.2) is 4.57 Å². The third kappa shape index (κ3) is 3.82. The number of hydrogen-bond acceptors (Lipinski definition) is 3. The number of carbonyl (C=O) groups excluding carboxylic acids is 1. The van der Waals surface area contributed by atoms with Crippen LogP contribution < -0.4 is 21.5 Å². The van der Waals surface area contributed by atoms with E-state index in [9.17, 15) is 14.9 Å². The molecule has 146 valence electrons. The van der Waals surface area contributed by atoms with Gasteiger partial charge < -0.3 is 17.0 Å². The number of halogens is 1. The zero-order valence-corrected chi connectivity index (χ0v) is 17.2. The van der Waals surface area contributed by atoms with Gasteiger partial charge in [0.15, 0.2) is 17.9 Å². The summed E-state index contributed by atoms with van der Waals surface area (Å²) in [5.74, 6) is -0.178. The minimum Gasteiger partial charge on any atom is -1.00 e. The molecule has 0 unspecified atom stereocenters. The molecule has 4 aromatic rings. The first-order valence-electron chi connectivity index (χ1n) is 8.89. The molecule has 7 heteroatoms. The maximum atomic E-state index is 13.0. The van der Waals surface area contributed by atoms with Crippen LogP contribution in [0, 0.1) is 17.0 Å². The van der Waals surface area contributed by atoms with E-state index in [1.165, 1.54) is 18.2 Å². The second-order valence-corrected chi connectivity index (χ2v) is 6.55. The van der Waals surface area contributed by atoms with Crippen LogP contribution in [0.25, 0.3) is 16.9 Å². The zero-order valence-electron chi connectivity index (χ0n) is 15.7. The van der Waals surface area contributed by atoms with Gasteiger partial charge in [-0.1, -0.05) is 48.5 Å². The van der Waals surface area contributed by atoms with E-state index < -0.39 is 4.92 Å². The number of pyridine rings is 1. The van der Waals surface area contributed by atoms with Crippen molar-refractivity contribution in [2.45, 2.75) is 13.5 Å². The number of nitro benzene ring substituents is 1. The smallest absolute Gasteiger partial charge is 0.287 e. The van der Waals surface area contributed by atoms with Crippen molar-refractivity contribution in [1.29, 1.82) is 0 Å². The minimum absolute atomic E-state index is 0. The standard InChI is InChI=1S/C22H18N3O3.BrH/c1-16-22(17-8-3-2-4-9-17)24(21-12-5-6-13-23(16)21)15-20(26)18-10-7-11-19(14-18)25(27)28;/h2-14H,15H2,1H3;1H/q+1;/p-1. The van der Waals surface area contributed by atoms with Gasteiger partial charge in [-0.3, -0.25) is 14.9 Å². The fourth-order valence-corrected chi connectivity index (χ4v) is 3.51. The topological polar surface area (TPSA) is 68.5 Å². The van der Waals surface area contributed by atoms with Crippen LogP contribution in [-0.4, -0.2) is 15.1 Å². The molecule has 6 nitrogen and oxygen atoms in total. The summed E-state index contributed by atoms with van der Waals surface area (Å²) in [4.78, 5) is 23.5. The maximum absolute atomic E-state index is 13.0. The third-order valence-corrected chi connectivity index (χ3v) is 4.82. The number of rotatable bonds is 5. The lowest BCUT2D eigenvalue weighted by Gasteiger charge is -2.04. The molecule has 2 heterocycles. The van der Waals surface area contributed by atoms with Crippen LogP contribution in [-0.2, 0) is 6.54 Å². The number of aryl methyl sites for hydroxylation is 1. The molecule has 2 aromatic carbocycles. The Balaban J connectivity index is 0.00000240. The third-order valence-electron chi connectivity index (χ3n) is 4.82. The highest BCUT2D eigenvalue weighted by atomic mass is 79.9. The molecule has 0 saturated heterocycles. The second-order valence-electron chi connectivity index (χ2n) is 6.55. The normalized spacial score (nSPS) is 10.5. The number of carbonyl (C=O) groups is 1. The van der Waals surface area contributed by atoms with Crippen LogP contribution in [0.1, 0.15) is 16.1 Å². The molecule has 0 aliphatic rings. The van der Waals surface area contributed by atoms with Crippen LogP contribution >= 0.6 is 0 Å². The summed E-state index contributed by atoms with van der Waals surface area (Å²) in [6, 6.07) is 21.6. The number of Topliss-reactive ketones (excluding diaryl/α,β-unsaturated/α-hetero) is 1. The van der Waals surface area contributed by atoms with Crippen molar-refractivity contribution in [2.75, 3.05) is 0 Å². The molecule has 0 aliphatic carbocycles. The number of nitrogens with zero attached hydrogens (tertiary/aromatic N) is 3. The highest BCUT2D eigenvalue weighted by Crippen LogP contribution is 2.22. The Morgan fingerprint density at radius 3 is 2.48 bits per heavy atom. The fraction of sp³-hybridized carbons (Fsp3) is 0.0909. The summed E-state index contributed by atoms with van der Waals surface area (Å²) in [5, 5.41) is 11.0. The molecule has 0 spiro atoms. The van der Waals surface area contributed by atoms with Crippen LogP contribution in [0.15, 0.2) is 79.0 Å². The zero-order chi connectivity index (χ0) is 19.7. The number of nitro groups is 1. The van der Waals surface area contributed by atoms with E-state index in [-0.39, 0.29) is 35.0 Å². The van der Waals surface area contributed by atoms with E-state index in [1.807, 2.05) is 70.6 Å².